The number of benzene rings is 1. The van der Waals surface area contributed by atoms with Crippen LogP contribution in [0.4, 0.5) is 5.69 Å². The Morgan fingerprint density at radius 2 is 2.14 bits per heavy atom. The Morgan fingerprint density at radius 3 is 2.71 bits per heavy atom. The molecule has 0 atom stereocenters. The molecule has 1 aliphatic carbocycles. The monoisotopic (exact) mass is 309 g/mol. The van der Waals surface area contributed by atoms with Gasteiger partial charge in [0.05, 0.1) is 17.3 Å². The fourth-order valence-electron chi connectivity index (χ4n) is 2.26. The summed E-state index contributed by atoms with van der Waals surface area (Å²) < 4.78 is 0. The zero-order valence-corrected chi connectivity index (χ0v) is 13.5. The van der Waals surface area contributed by atoms with Crippen molar-refractivity contribution in [1.29, 1.82) is 0 Å². The summed E-state index contributed by atoms with van der Waals surface area (Å²) in [6.07, 6.45) is 2.56. The van der Waals surface area contributed by atoms with Gasteiger partial charge in [-0.15, -0.1) is 0 Å². The van der Waals surface area contributed by atoms with Crippen molar-refractivity contribution in [2.24, 2.45) is 0 Å². The van der Waals surface area contributed by atoms with Gasteiger partial charge in [0.25, 0.3) is 0 Å². The van der Waals surface area contributed by atoms with Gasteiger partial charge in [-0.05, 0) is 44.4 Å². The molecular formula is C16H24ClN3O. The van der Waals surface area contributed by atoms with Crippen LogP contribution >= 0.6 is 11.6 Å². The number of carbonyl (C=O) groups is 1. The first-order valence-corrected chi connectivity index (χ1v) is 8.05. The van der Waals surface area contributed by atoms with Crippen LogP contribution in [0.3, 0.4) is 0 Å². The molecule has 0 bridgehead atoms. The van der Waals surface area contributed by atoms with Gasteiger partial charge in [0, 0.05) is 25.7 Å². The predicted octanol–water partition coefficient (Wildman–Crippen LogP) is 2.55. The normalized spacial score (nSPS) is 14.0. The van der Waals surface area contributed by atoms with Crippen LogP contribution < -0.4 is 15.5 Å². The summed E-state index contributed by atoms with van der Waals surface area (Å²) >= 11 is 6.39. The topological polar surface area (TPSA) is 44.4 Å². The molecule has 2 N–H and O–H groups in total. The van der Waals surface area contributed by atoms with E-state index in [2.05, 4.69) is 16.7 Å². The Kier molecular flexibility index (Phi) is 5.88. The molecule has 21 heavy (non-hydrogen) atoms. The lowest BCUT2D eigenvalue weighted by atomic mass is 10.2. The van der Waals surface area contributed by atoms with E-state index in [4.69, 9.17) is 11.6 Å². The van der Waals surface area contributed by atoms with Gasteiger partial charge in [-0.2, -0.15) is 0 Å². The number of carbonyl (C=O) groups excluding carboxylic acids is 1. The summed E-state index contributed by atoms with van der Waals surface area (Å²) in [5.74, 6) is 0.0230. The zero-order chi connectivity index (χ0) is 15.2. The molecule has 0 heterocycles. The van der Waals surface area contributed by atoms with Crippen LogP contribution in [0, 0.1) is 0 Å². The Bertz CT molecular complexity index is 488. The van der Waals surface area contributed by atoms with Gasteiger partial charge in [0.1, 0.15) is 0 Å². The number of nitrogens with one attached hydrogen (secondary N) is 2. The van der Waals surface area contributed by atoms with Gasteiger partial charge in [0.15, 0.2) is 0 Å². The molecule has 116 valence electrons. The van der Waals surface area contributed by atoms with Crippen molar-refractivity contribution in [1.82, 2.24) is 10.6 Å². The standard InChI is InChI=1S/C16H24ClN3O/c1-3-18-16(21)11-20(4-2)15-8-5-12(9-14(15)17)10-19-13-6-7-13/h5,8-9,13,19H,3-4,6-7,10-11H2,1-2H3,(H,18,21). The minimum atomic E-state index is 0.0230. The van der Waals surface area contributed by atoms with Gasteiger partial charge >= 0.3 is 0 Å². The molecule has 5 heteroatoms. The van der Waals surface area contributed by atoms with Crippen molar-refractivity contribution < 1.29 is 4.79 Å². The van der Waals surface area contributed by atoms with Crippen molar-refractivity contribution in [3.8, 4) is 0 Å². The Balaban J connectivity index is 2.00. The molecule has 0 spiro atoms. The van der Waals surface area contributed by atoms with E-state index >= 15 is 0 Å². The van der Waals surface area contributed by atoms with E-state index in [1.807, 2.05) is 30.9 Å². The average Bonchev–Trinajstić information content (AvgIpc) is 3.27. The molecule has 4 nitrogen and oxygen atoms in total. The molecule has 0 aliphatic heterocycles. The van der Waals surface area contributed by atoms with E-state index in [0.29, 0.717) is 24.2 Å². The molecule has 0 saturated heterocycles. The minimum Gasteiger partial charge on any atom is -0.361 e. The number of hydrogen-bond acceptors (Lipinski definition) is 3. The zero-order valence-electron chi connectivity index (χ0n) is 12.8. The number of nitrogens with zero attached hydrogens (tertiary/aromatic N) is 1. The first kappa shape index (κ1) is 16.1. The highest BCUT2D eigenvalue weighted by Crippen LogP contribution is 2.27. The highest BCUT2D eigenvalue weighted by atomic mass is 35.5. The fraction of sp³-hybridized carbons (Fsp3) is 0.562. The van der Waals surface area contributed by atoms with Gasteiger partial charge < -0.3 is 15.5 Å². The van der Waals surface area contributed by atoms with E-state index in [0.717, 1.165) is 18.8 Å². The molecule has 1 aromatic rings. The van der Waals surface area contributed by atoms with Crippen molar-refractivity contribution in [2.75, 3.05) is 24.5 Å². The Hall–Kier alpha value is -1.26. The fourth-order valence-corrected chi connectivity index (χ4v) is 2.58. The van der Waals surface area contributed by atoms with Crippen molar-refractivity contribution in [3.05, 3.63) is 28.8 Å². The van der Waals surface area contributed by atoms with Crippen LogP contribution in [0.5, 0.6) is 0 Å². The Morgan fingerprint density at radius 1 is 1.38 bits per heavy atom. The lowest BCUT2D eigenvalue weighted by Crippen LogP contribution is -2.37. The van der Waals surface area contributed by atoms with Crippen LogP contribution in [0.2, 0.25) is 5.02 Å². The van der Waals surface area contributed by atoms with Gasteiger partial charge in [-0.25, -0.2) is 0 Å². The summed E-state index contributed by atoms with van der Waals surface area (Å²) in [5.41, 5.74) is 2.10. The smallest absolute Gasteiger partial charge is 0.239 e. The van der Waals surface area contributed by atoms with E-state index < -0.39 is 0 Å². The van der Waals surface area contributed by atoms with Crippen LogP contribution in [0.15, 0.2) is 18.2 Å². The molecule has 0 aromatic heterocycles. The van der Waals surface area contributed by atoms with E-state index in [9.17, 15) is 4.79 Å². The number of hydrogen-bond donors (Lipinski definition) is 2. The third kappa shape index (κ3) is 4.90. The SMILES string of the molecule is CCNC(=O)CN(CC)c1ccc(CNC2CC2)cc1Cl. The van der Waals surface area contributed by atoms with Crippen LogP contribution in [-0.4, -0.2) is 31.6 Å². The second kappa shape index (κ2) is 7.66. The second-order valence-corrected chi connectivity index (χ2v) is 5.82. The molecule has 0 radical (unpaired) electrons. The Labute approximate surface area is 131 Å². The maximum Gasteiger partial charge on any atom is 0.239 e. The number of likely N-dealkylation sites (N-methyl/N-ethyl adjacent to an activating group) is 2. The summed E-state index contributed by atoms with van der Waals surface area (Å²) in [7, 11) is 0. The minimum absolute atomic E-state index is 0.0230. The molecule has 1 amide bonds. The summed E-state index contributed by atoms with van der Waals surface area (Å²) in [4.78, 5) is 13.7. The number of rotatable bonds is 8. The quantitative estimate of drug-likeness (QED) is 0.775. The summed E-state index contributed by atoms with van der Waals surface area (Å²) in [6.45, 7) is 6.53. The number of anilines is 1. The largest absolute Gasteiger partial charge is 0.361 e. The van der Waals surface area contributed by atoms with Crippen molar-refractivity contribution in [3.63, 3.8) is 0 Å². The van der Waals surface area contributed by atoms with Gasteiger partial charge in [0.2, 0.25) is 5.91 Å². The van der Waals surface area contributed by atoms with Crippen LogP contribution in [0.1, 0.15) is 32.3 Å². The van der Waals surface area contributed by atoms with Crippen molar-refractivity contribution in [2.45, 2.75) is 39.3 Å². The molecular weight excluding hydrogens is 286 g/mol. The molecule has 1 aromatic carbocycles. The van der Waals surface area contributed by atoms with Crippen LogP contribution in [0.25, 0.3) is 0 Å². The molecule has 0 unspecified atom stereocenters. The first-order valence-electron chi connectivity index (χ1n) is 7.67. The molecule has 1 aliphatic rings. The van der Waals surface area contributed by atoms with E-state index in [-0.39, 0.29) is 5.91 Å². The highest BCUT2D eigenvalue weighted by molar-refractivity contribution is 6.33. The number of halogens is 1. The summed E-state index contributed by atoms with van der Waals surface area (Å²) in [5, 5.41) is 7.00. The maximum atomic E-state index is 11.7. The third-order valence-corrected chi connectivity index (χ3v) is 3.92. The van der Waals surface area contributed by atoms with Gasteiger partial charge in [-0.1, -0.05) is 17.7 Å². The van der Waals surface area contributed by atoms with Crippen molar-refractivity contribution >= 4 is 23.2 Å². The van der Waals surface area contributed by atoms with Gasteiger partial charge in [-0.3, -0.25) is 4.79 Å². The molecule has 1 fully saturated rings. The van der Waals surface area contributed by atoms with Crippen LogP contribution in [-0.2, 0) is 11.3 Å². The van der Waals surface area contributed by atoms with E-state index in [1.165, 1.54) is 18.4 Å². The summed E-state index contributed by atoms with van der Waals surface area (Å²) in [6, 6.07) is 6.77. The molecule has 2 rings (SSSR count). The maximum absolute atomic E-state index is 11.7. The third-order valence-electron chi connectivity index (χ3n) is 3.62. The number of amides is 1. The average molecular weight is 310 g/mol. The highest BCUT2D eigenvalue weighted by Gasteiger charge is 2.20. The second-order valence-electron chi connectivity index (χ2n) is 5.41. The first-order chi connectivity index (χ1) is 10.1. The predicted molar refractivity (Wildman–Crippen MR) is 87.9 cm³/mol. The lowest BCUT2D eigenvalue weighted by molar-refractivity contribution is -0.119. The molecule has 1 saturated carbocycles. The lowest BCUT2D eigenvalue weighted by Gasteiger charge is -2.24. The van der Waals surface area contributed by atoms with E-state index in [1.54, 1.807) is 0 Å².